The summed E-state index contributed by atoms with van der Waals surface area (Å²) in [7, 11) is 0. The number of rotatable bonds is 11. The van der Waals surface area contributed by atoms with Gasteiger partial charge >= 0.3 is 0 Å². The van der Waals surface area contributed by atoms with Crippen molar-refractivity contribution < 1.29 is 9.53 Å². The second-order valence-electron chi connectivity index (χ2n) is 7.16. The van der Waals surface area contributed by atoms with E-state index >= 15 is 0 Å². The second kappa shape index (κ2) is 12.1. The highest BCUT2D eigenvalue weighted by Crippen LogP contribution is 2.27. The van der Waals surface area contributed by atoms with Crippen molar-refractivity contribution in [2.45, 2.75) is 44.4 Å². The number of ether oxygens (including phenoxy) is 1. The third-order valence-electron chi connectivity index (χ3n) is 4.82. The average Bonchev–Trinajstić information content (AvgIpc) is 3.18. The van der Waals surface area contributed by atoms with Gasteiger partial charge < -0.3 is 14.6 Å². The van der Waals surface area contributed by atoms with Crippen LogP contribution in [0.1, 0.15) is 37.7 Å². The van der Waals surface area contributed by atoms with Crippen molar-refractivity contribution in [1.29, 1.82) is 0 Å². The number of benzene rings is 2. The molecule has 1 heterocycles. The Morgan fingerprint density at radius 2 is 1.97 bits per heavy atom. The van der Waals surface area contributed by atoms with E-state index in [0.717, 1.165) is 29.5 Å². The molecule has 3 rings (SSSR count). The van der Waals surface area contributed by atoms with Gasteiger partial charge in [0.05, 0.1) is 23.4 Å². The smallest absolute Gasteiger partial charge is 0.230 e. The highest BCUT2D eigenvalue weighted by Gasteiger charge is 2.15. The zero-order valence-corrected chi connectivity index (χ0v) is 20.4. The fourth-order valence-electron chi connectivity index (χ4n) is 3.17. The summed E-state index contributed by atoms with van der Waals surface area (Å²) in [6.07, 6.45) is 1.47. The molecule has 0 radical (unpaired) electrons. The summed E-state index contributed by atoms with van der Waals surface area (Å²) in [6.45, 7) is 5.25. The summed E-state index contributed by atoms with van der Waals surface area (Å²) in [5, 5.41) is 13.4. The number of amides is 1. The fourth-order valence-corrected chi connectivity index (χ4v) is 4.47. The molecule has 1 unspecified atom stereocenters. The number of carbonyl (C=O) groups is 1. The van der Waals surface area contributed by atoms with Gasteiger partial charge in [0.1, 0.15) is 11.6 Å². The van der Waals surface area contributed by atoms with Crippen LogP contribution in [0, 0.1) is 0 Å². The highest BCUT2D eigenvalue weighted by molar-refractivity contribution is 7.99. The Labute approximate surface area is 202 Å². The molecule has 1 aromatic heterocycles. The van der Waals surface area contributed by atoms with Gasteiger partial charge in [-0.1, -0.05) is 65.3 Å². The number of thioether (sulfide) groups is 1. The molecule has 6 nitrogen and oxygen atoms in total. The summed E-state index contributed by atoms with van der Waals surface area (Å²) >= 11 is 13.4. The summed E-state index contributed by atoms with van der Waals surface area (Å²) in [6, 6.07) is 15.0. The van der Waals surface area contributed by atoms with E-state index in [1.165, 1.54) is 11.8 Å². The van der Waals surface area contributed by atoms with E-state index in [9.17, 15) is 4.79 Å². The highest BCUT2D eigenvalue weighted by atomic mass is 35.5. The predicted octanol–water partition coefficient (Wildman–Crippen LogP) is 5.59. The van der Waals surface area contributed by atoms with Crippen LogP contribution in [-0.2, 0) is 17.8 Å². The molecule has 2 aromatic carbocycles. The zero-order valence-electron chi connectivity index (χ0n) is 18.1. The topological polar surface area (TPSA) is 69.0 Å². The molecule has 170 valence electrons. The van der Waals surface area contributed by atoms with E-state index in [-0.39, 0.29) is 17.7 Å². The van der Waals surface area contributed by atoms with Crippen LogP contribution < -0.4 is 10.1 Å². The molecule has 9 heteroatoms. The van der Waals surface area contributed by atoms with E-state index in [0.29, 0.717) is 28.8 Å². The van der Waals surface area contributed by atoms with Gasteiger partial charge in [-0.15, -0.1) is 10.2 Å². The SMILES string of the molecule is CCn1c(CCCOc2ccc(Cl)cc2Cl)nnc1SCC(=O)NC(C)c1ccccc1. The molecular weight excluding hydrogens is 467 g/mol. The van der Waals surface area contributed by atoms with Gasteiger partial charge in [0.25, 0.3) is 0 Å². The number of hydrogen-bond acceptors (Lipinski definition) is 5. The molecule has 1 amide bonds. The van der Waals surface area contributed by atoms with Crippen molar-refractivity contribution in [2.75, 3.05) is 12.4 Å². The number of aryl methyl sites for hydroxylation is 1. The number of nitrogens with zero attached hydrogens (tertiary/aromatic N) is 3. The van der Waals surface area contributed by atoms with Crippen molar-refractivity contribution in [3.63, 3.8) is 0 Å². The standard InChI is InChI=1S/C23H26Cl2N4O2S/c1-3-29-21(10-7-13-31-20-12-11-18(24)14-19(20)25)27-28-23(29)32-15-22(30)26-16(2)17-8-5-4-6-9-17/h4-6,8-9,11-12,14,16H,3,7,10,13,15H2,1-2H3,(H,26,30). The molecule has 0 spiro atoms. The van der Waals surface area contributed by atoms with E-state index in [1.54, 1.807) is 18.2 Å². The summed E-state index contributed by atoms with van der Waals surface area (Å²) in [5.41, 5.74) is 1.08. The Morgan fingerprint density at radius 3 is 2.69 bits per heavy atom. The van der Waals surface area contributed by atoms with Crippen molar-refractivity contribution in [1.82, 2.24) is 20.1 Å². The molecule has 3 aromatic rings. The molecule has 0 saturated carbocycles. The number of nitrogens with one attached hydrogen (secondary N) is 1. The number of carbonyl (C=O) groups excluding carboxylic acids is 1. The predicted molar refractivity (Wildman–Crippen MR) is 130 cm³/mol. The summed E-state index contributed by atoms with van der Waals surface area (Å²) < 4.78 is 7.78. The molecule has 1 N–H and O–H groups in total. The quantitative estimate of drug-likeness (QED) is 0.279. The third kappa shape index (κ3) is 6.89. The average molecular weight is 493 g/mol. The van der Waals surface area contributed by atoms with Crippen molar-refractivity contribution in [2.24, 2.45) is 0 Å². The lowest BCUT2D eigenvalue weighted by atomic mass is 10.1. The molecule has 0 aliphatic heterocycles. The normalized spacial score (nSPS) is 11.9. The van der Waals surface area contributed by atoms with E-state index in [4.69, 9.17) is 27.9 Å². The Balaban J connectivity index is 1.47. The second-order valence-corrected chi connectivity index (χ2v) is 8.94. The van der Waals surface area contributed by atoms with Crippen LogP contribution in [0.4, 0.5) is 0 Å². The first-order chi connectivity index (χ1) is 15.5. The molecule has 0 bridgehead atoms. The van der Waals surface area contributed by atoms with Gasteiger partial charge in [-0.05, 0) is 44.0 Å². The van der Waals surface area contributed by atoms with Crippen LogP contribution in [0.2, 0.25) is 10.0 Å². The van der Waals surface area contributed by atoms with Gasteiger partial charge in [0.2, 0.25) is 5.91 Å². The largest absolute Gasteiger partial charge is 0.492 e. The van der Waals surface area contributed by atoms with Gasteiger partial charge in [-0.25, -0.2) is 0 Å². The number of hydrogen-bond donors (Lipinski definition) is 1. The number of halogens is 2. The zero-order chi connectivity index (χ0) is 22.9. The Morgan fingerprint density at radius 1 is 1.19 bits per heavy atom. The Kier molecular flexibility index (Phi) is 9.26. The lowest BCUT2D eigenvalue weighted by Crippen LogP contribution is -2.28. The minimum atomic E-state index is -0.0435. The maximum atomic E-state index is 12.4. The molecular formula is C23H26Cl2N4O2S. The maximum absolute atomic E-state index is 12.4. The van der Waals surface area contributed by atoms with Crippen molar-refractivity contribution >= 4 is 40.9 Å². The van der Waals surface area contributed by atoms with Gasteiger partial charge in [0.15, 0.2) is 5.16 Å². The van der Waals surface area contributed by atoms with Crippen molar-refractivity contribution in [3.8, 4) is 5.75 Å². The molecule has 1 atom stereocenters. The summed E-state index contributed by atoms with van der Waals surface area (Å²) in [4.78, 5) is 12.4. The lowest BCUT2D eigenvalue weighted by molar-refractivity contribution is -0.119. The van der Waals surface area contributed by atoms with Crippen LogP contribution in [0.3, 0.4) is 0 Å². The molecule has 0 aliphatic carbocycles. The summed E-state index contributed by atoms with van der Waals surface area (Å²) in [5.74, 6) is 1.73. The van der Waals surface area contributed by atoms with E-state index < -0.39 is 0 Å². The van der Waals surface area contributed by atoms with Crippen LogP contribution in [0.15, 0.2) is 53.7 Å². The van der Waals surface area contributed by atoms with E-state index in [1.807, 2.05) is 48.7 Å². The van der Waals surface area contributed by atoms with E-state index in [2.05, 4.69) is 15.5 Å². The van der Waals surface area contributed by atoms with Crippen LogP contribution in [-0.4, -0.2) is 33.0 Å². The van der Waals surface area contributed by atoms with Crippen LogP contribution in [0.25, 0.3) is 0 Å². The van der Waals surface area contributed by atoms with Crippen molar-refractivity contribution in [3.05, 3.63) is 70.0 Å². The molecule has 0 aliphatic rings. The Hall–Kier alpha value is -2.22. The molecule has 0 fully saturated rings. The first-order valence-corrected chi connectivity index (χ1v) is 12.2. The fraction of sp³-hybridized carbons (Fsp3) is 0.348. The van der Waals surface area contributed by atoms with Gasteiger partial charge in [-0.2, -0.15) is 0 Å². The van der Waals surface area contributed by atoms with Gasteiger partial charge in [-0.3, -0.25) is 4.79 Å². The maximum Gasteiger partial charge on any atom is 0.230 e. The monoisotopic (exact) mass is 492 g/mol. The lowest BCUT2D eigenvalue weighted by Gasteiger charge is -2.14. The molecule has 32 heavy (non-hydrogen) atoms. The molecule has 0 saturated heterocycles. The van der Waals surface area contributed by atoms with Crippen LogP contribution in [0.5, 0.6) is 5.75 Å². The van der Waals surface area contributed by atoms with Crippen LogP contribution >= 0.6 is 35.0 Å². The minimum absolute atomic E-state index is 0.0354. The van der Waals surface area contributed by atoms with Gasteiger partial charge in [0, 0.05) is 18.0 Å². The first-order valence-electron chi connectivity index (χ1n) is 10.4. The first kappa shape index (κ1) is 24.4. The third-order valence-corrected chi connectivity index (χ3v) is 6.31. The Bertz CT molecular complexity index is 1030. The number of aromatic nitrogens is 3. The minimum Gasteiger partial charge on any atom is -0.492 e.